The topological polar surface area (TPSA) is 38.6 Å². The molecule has 0 radical (unpaired) electrons. The minimum Gasteiger partial charge on any atom is -0.373 e. The van der Waals surface area contributed by atoms with Gasteiger partial charge in [-0.05, 0) is 36.6 Å². The predicted molar refractivity (Wildman–Crippen MR) is 90.4 cm³/mol. The summed E-state index contributed by atoms with van der Waals surface area (Å²) in [4.78, 5) is 4.42. The van der Waals surface area contributed by atoms with E-state index in [1.165, 1.54) is 16.7 Å². The molecule has 23 heavy (non-hydrogen) atoms. The monoisotopic (exact) mass is 307 g/mol. The summed E-state index contributed by atoms with van der Waals surface area (Å²) in [6.45, 7) is 2.59. The molecule has 0 fully saturated rings. The molecule has 4 heteroatoms. The average molecular weight is 307 g/mol. The molecule has 1 unspecified atom stereocenters. The molecule has 0 saturated carbocycles. The lowest BCUT2D eigenvalue weighted by atomic mass is 9.96. The van der Waals surface area contributed by atoms with E-state index in [1.54, 1.807) is 0 Å². The molecule has 3 heterocycles. The Kier molecular flexibility index (Phi) is 4.09. The van der Waals surface area contributed by atoms with Crippen LogP contribution in [0.25, 0.3) is 5.65 Å². The van der Waals surface area contributed by atoms with Crippen LogP contribution in [-0.4, -0.2) is 22.5 Å². The van der Waals surface area contributed by atoms with Gasteiger partial charge in [0.25, 0.3) is 0 Å². The summed E-state index contributed by atoms with van der Waals surface area (Å²) in [5.41, 5.74) is 5.04. The van der Waals surface area contributed by atoms with Crippen molar-refractivity contribution in [3.63, 3.8) is 0 Å². The first kappa shape index (κ1) is 14.4. The van der Waals surface area contributed by atoms with E-state index in [0.29, 0.717) is 0 Å². The normalized spacial score (nSPS) is 17.3. The molecule has 0 aliphatic carbocycles. The van der Waals surface area contributed by atoms with Crippen molar-refractivity contribution in [2.75, 3.05) is 13.2 Å². The van der Waals surface area contributed by atoms with Crippen LogP contribution >= 0.6 is 0 Å². The summed E-state index contributed by atoms with van der Waals surface area (Å²) in [5.74, 6) is 0. The van der Waals surface area contributed by atoms with Crippen LogP contribution in [0.15, 0.2) is 55.0 Å². The Morgan fingerprint density at radius 3 is 3.13 bits per heavy atom. The number of fused-ring (bicyclic) bond motifs is 2. The lowest BCUT2D eigenvalue weighted by Gasteiger charge is -2.26. The third-order valence-corrected chi connectivity index (χ3v) is 4.49. The second-order valence-corrected chi connectivity index (χ2v) is 5.97. The number of imidazole rings is 1. The SMILES string of the molecule is c1ccc2c(c1)CCOC2CCNCc1cccn2ccnc12. The van der Waals surface area contributed by atoms with Crippen LogP contribution in [0.4, 0.5) is 0 Å². The maximum absolute atomic E-state index is 5.96. The van der Waals surface area contributed by atoms with Crippen molar-refractivity contribution in [1.29, 1.82) is 0 Å². The van der Waals surface area contributed by atoms with Crippen LogP contribution in [0.3, 0.4) is 0 Å². The lowest BCUT2D eigenvalue weighted by molar-refractivity contribution is 0.0367. The molecule has 0 amide bonds. The zero-order valence-corrected chi connectivity index (χ0v) is 13.1. The molecule has 3 aromatic rings. The Bertz CT molecular complexity index is 796. The van der Waals surface area contributed by atoms with E-state index in [-0.39, 0.29) is 6.10 Å². The van der Waals surface area contributed by atoms with Gasteiger partial charge >= 0.3 is 0 Å². The molecule has 1 aliphatic rings. The molecule has 4 nitrogen and oxygen atoms in total. The summed E-state index contributed by atoms with van der Waals surface area (Å²) in [6.07, 6.45) is 8.08. The number of aromatic nitrogens is 2. The second-order valence-electron chi connectivity index (χ2n) is 5.97. The number of hydrogen-bond donors (Lipinski definition) is 1. The van der Waals surface area contributed by atoms with Crippen molar-refractivity contribution in [3.8, 4) is 0 Å². The molecule has 1 aliphatic heterocycles. The van der Waals surface area contributed by atoms with Crippen molar-refractivity contribution in [1.82, 2.24) is 14.7 Å². The zero-order chi connectivity index (χ0) is 15.5. The Morgan fingerprint density at radius 1 is 1.17 bits per heavy atom. The van der Waals surface area contributed by atoms with Gasteiger partial charge in [-0.1, -0.05) is 30.3 Å². The Labute approximate surface area is 136 Å². The molecule has 1 atom stereocenters. The summed E-state index contributed by atoms with van der Waals surface area (Å²) in [7, 11) is 0. The molecule has 1 aromatic carbocycles. The quantitative estimate of drug-likeness (QED) is 0.736. The van der Waals surface area contributed by atoms with E-state index in [0.717, 1.165) is 38.2 Å². The lowest BCUT2D eigenvalue weighted by Crippen LogP contribution is -2.22. The van der Waals surface area contributed by atoms with Gasteiger partial charge in [0.2, 0.25) is 0 Å². The number of hydrogen-bond acceptors (Lipinski definition) is 3. The van der Waals surface area contributed by atoms with Gasteiger partial charge in [-0.25, -0.2) is 4.98 Å². The standard InChI is InChI=1S/C19H21N3O/c1-2-6-17-15(4-1)8-13-23-18(17)7-9-20-14-16-5-3-11-22-12-10-21-19(16)22/h1-6,10-12,18,20H,7-9,13-14H2. The number of rotatable bonds is 5. The summed E-state index contributed by atoms with van der Waals surface area (Å²) in [6, 6.07) is 12.8. The van der Waals surface area contributed by atoms with Gasteiger partial charge in [0.05, 0.1) is 12.7 Å². The highest BCUT2D eigenvalue weighted by Gasteiger charge is 2.19. The van der Waals surface area contributed by atoms with Gasteiger partial charge in [-0.15, -0.1) is 0 Å². The first-order valence-corrected chi connectivity index (χ1v) is 8.22. The highest BCUT2D eigenvalue weighted by Crippen LogP contribution is 2.29. The molecule has 2 aromatic heterocycles. The van der Waals surface area contributed by atoms with Crippen LogP contribution in [0, 0.1) is 0 Å². The molecular formula is C19H21N3O. The van der Waals surface area contributed by atoms with Gasteiger partial charge in [-0.3, -0.25) is 0 Å². The summed E-state index contributed by atoms with van der Waals surface area (Å²) in [5, 5.41) is 3.53. The first-order valence-electron chi connectivity index (χ1n) is 8.22. The largest absolute Gasteiger partial charge is 0.373 e. The number of nitrogens with one attached hydrogen (secondary N) is 1. The van der Waals surface area contributed by atoms with Crippen LogP contribution in [-0.2, 0) is 17.7 Å². The average Bonchev–Trinajstić information content (AvgIpc) is 3.08. The van der Waals surface area contributed by atoms with E-state index in [2.05, 4.69) is 51.1 Å². The van der Waals surface area contributed by atoms with Crippen molar-refractivity contribution in [3.05, 3.63) is 71.7 Å². The number of nitrogens with zero attached hydrogens (tertiary/aromatic N) is 2. The van der Waals surface area contributed by atoms with Gasteiger partial charge < -0.3 is 14.5 Å². The van der Waals surface area contributed by atoms with Crippen molar-refractivity contribution >= 4 is 5.65 Å². The zero-order valence-electron chi connectivity index (χ0n) is 13.1. The molecule has 118 valence electrons. The van der Waals surface area contributed by atoms with E-state index in [9.17, 15) is 0 Å². The number of pyridine rings is 1. The summed E-state index contributed by atoms with van der Waals surface area (Å²) < 4.78 is 8.01. The fourth-order valence-corrected chi connectivity index (χ4v) is 3.32. The number of ether oxygens (including phenoxy) is 1. The Morgan fingerprint density at radius 2 is 2.13 bits per heavy atom. The van der Waals surface area contributed by atoms with Crippen LogP contribution < -0.4 is 5.32 Å². The van der Waals surface area contributed by atoms with Crippen LogP contribution in [0.2, 0.25) is 0 Å². The first-order chi connectivity index (χ1) is 11.4. The second kappa shape index (κ2) is 6.52. The number of benzene rings is 1. The molecule has 0 spiro atoms. The van der Waals surface area contributed by atoms with E-state index >= 15 is 0 Å². The molecule has 1 N–H and O–H groups in total. The highest BCUT2D eigenvalue weighted by atomic mass is 16.5. The van der Waals surface area contributed by atoms with E-state index in [4.69, 9.17) is 4.74 Å². The van der Waals surface area contributed by atoms with Crippen molar-refractivity contribution < 1.29 is 4.74 Å². The molecule has 0 bridgehead atoms. The minimum absolute atomic E-state index is 0.217. The van der Waals surface area contributed by atoms with Gasteiger partial charge in [0.15, 0.2) is 0 Å². The van der Waals surface area contributed by atoms with Crippen molar-refractivity contribution in [2.24, 2.45) is 0 Å². The highest BCUT2D eigenvalue weighted by molar-refractivity contribution is 5.47. The molecule has 0 saturated heterocycles. The fourth-order valence-electron chi connectivity index (χ4n) is 3.32. The summed E-state index contributed by atoms with van der Waals surface area (Å²) >= 11 is 0. The predicted octanol–water partition coefficient (Wildman–Crippen LogP) is 3.13. The van der Waals surface area contributed by atoms with Crippen LogP contribution in [0.5, 0.6) is 0 Å². The minimum atomic E-state index is 0.217. The van der Waals surface area contributed by atoms with Gasteiger partial charge in [-0.2, -0.15) is 0 Å². The third-order valence-electron chi connectivity index (χ3n) is 4.49. The van der Waals surface area contributed by atoms with E-state index in [1.807, 2.05) is 18.6 Å². The Balaban J connectivity index is 1.35. The fraction of sp³-hybridized carbons (Fsp3) is 0.316. The Hall–Kier alpha value is -2.17. The van der Waals surface area contributed by atoms with Crippen molar-refractivity contribution in [2.45, 2.75) is 25.5 Å². The van der Waals surface area contributed by atoms with Crippen LogP contribution in [0.1, 0.15) is 29.2 Å². The smallest absolute Gasteiger partial charge is 0.141 e. The van der Waals surface area contributed by atoms with Gasteiger partial charge in [0.1, 0.15) is 5.65 Å². The van der Waals surface area contributed by atoms with E-state index < -0.39 is 0 Å². The molecular weight excluding hydrogens is 286 g/mol. The van der Waals surface area contributed by atoms with Gasteiger partial charge in [0, 0.05) is 30.7 Å². The maximum Gasteiger partial charge on any atom is 0.141 e. The molecule has 4 rings (SSSR count). The third kappa shape index (κ3) is 3.00. The maximum atomic E-state index is 5.96.